The number of fused-ring (bicyclic) bond motifs is 2. The van der Waals surface area contributed by atoms with E-state index in [0.29, 0.717) is 12.0 Å². The zero-order valence-electron chi connectivity index (χ0n) is 9.46. The number of hydrogen-bond donors (Lipinski definition) is 0. The van der Waals surface area contributed by atoms with Crippen LogP contribution < -0.4 is 0 Å². The van der Waals surface area contributed by atoms with Gasteiger partial charge in [-0.05, 0) is 11.3 Å². The molecule has 0 aromatic heterocycles. The van der Waals surface area contributed by atoms with Crippen LogP contribution in [0.4, 0.5) is 0 Å². The first-order valence-corrected chi connectivity index (χ1v) is 4.90. The molecule has 1 aliphatic carbocycles. The summed E-state index contributed by atoms with van der Waals surface area (Å²) in [5, 5.41) is 4.51. The van der Waals surface area contributed by atoms with Crippen molar-refractivity contribution in [2.24, 2.45) is 11.3 Å². The minimum Gasteiger partial charge on any atom is -0.682 e. The number of rotatable bonds is 0. The predicted molar refractivity (Wildman–Crippen MR) is 58.3 cm³/mol. The summed E-state index contributed by atoms with van der Waals surface area (Å²) in [5.41, 5.74) is 1.27. The Morgan fingerprint density at radius 2 is 2.00 bits per heavy atom. The summed E-state index contributed by atoms with van der Waals surface area (Å²) in [6, 6.07) is 0.445. The molecular weight excluding hydrogens is 247 g/mol. The Labute approximate surface area is 113 Å². The summed E-state index contributed by atoms with van der Waals surface area (Å²) in [6.45, 7) is 13.5. The second-order valence-electron chi connectivity index (χ2n) is 4.09. The molecule has 1 heterocycles. The first-order chi connectivity index (χ1) is 6.10. The molecular formula is C12H19NY-2. The fraction of sp³-hybridized carbons (Fsp3) is 0.583. The van der Waals surface area contributed by atoms with E-state index in [1.807, 2.05) is 0 Å². The number of nitrogens with zero attached hydrogens (tertiary/aromatic N) is 1. The van der Waals surface area contributed by atoms with E-state index in [1.165, 1.54) is 6.42 Å². The van der Waals surface area contributed by atoms with Gasteiger partial charge in [-0.25, -0.2) is 0 Å². The van der Waals surface area contributed by atoms with Gasteiger partial charge in [0.15, 0.2) is 0 Å². The third-order valence-electron chi connectivity index (χ3n) is 3.05. The minimum atomic E-state index is 0. The second-order valence-corrected chi connectivity index (χ2v) is 4.09. The maximum Gasteiger partial charge on any atom is 0 e. The Balaban J connectivity index is 0.000000531. The second kappa shape index (κ2) is 5.46. The van der Waals surface area contributed by atoms with Crippen molar-refractivity contribution in [3.8, 4) is 0 Å². The molecule has 0 amide bonds. The minimum absolute atomic E-state index is 0. The molecule has 2 heteroatoms. The predicted octanol–water partition coefficient (Wildman–Crippen LogP) is 3.70. The maximum absolute atomic E-state index is 4.51. The maximum atomic E-state index is 4.51. The van der Waals surface area contributed by atoms with Crippen molar-refractivity contribution in [3.05, 3.63) is 36.7 Å². The van der Waals surface area contributed by atoms with Crippen LogP contribution in [-0.2, 0) is 32.7 Å². The van der Waals surface area contributed by atoms with Gasteiger partial charge < -0.3 is 12.2 Å². The summed E-state index contributed by atoms with van der Waals surface area (Å²) in [7, 11) is 0. The van der Waals surface area contributed by atoms with Gasteiger partial charge >= 0.3 is 0 Å². The number of allylic oxidation sites excluding steroid dienone is 2. The van der Waals surface area contributed by atoms with Crippen LogP contribution in [0.25, 0.3) is 5.32 Å². The van der Waals surface area contributed by atoms with E-state index in [2.05, 4.69) is 44.8 Å². The van der Waals surface area contributed by atoms with Gasteiger partial charge in [0.05, 0.1) is 0 Å². The van der Waals surface area contributed by atoms with Gasteiger partial charge in [0.25, 0.3) is 0 Å². The van der Waals surface area contributed by atoms with Crippen LogP contribution in [-0.4, -0.2) is 6.04 Å². The van der Waals surface area contributed by atoms with E-state index in [4.69, 9.17) is 0 Å². The van der Waals surface area contributed by atoms with E-state index in [0.717, 1.165) is 5.70 Å². The van der Waals surface area contributed by atoms with Gasteiger partial charge in [-0.2, -0.15) is 12.6 Å². The summed E-state index contributed by atoms with van der Waals surface area (Å²) < 4.78 is 0. The Kier molecular flexibility index (Phi) is 5.61. The Hall–Kier alpha value is 0.384. The molecule has 2 unspecified atom stereocenters. The van der Waals surface area contributed by atoms with Crippen LogP contribution in [0.15, 0.2) is 24.4 Å². The van der Waals surface area contributed by atoms with Crippen molar-refractivity contribution in [2.45, 2.75) is 33.2 Å². The Bertz CT molecular complexity index is 230. The third-order valence-corrected chi connectivity index (χ3v) is 3.05. The first kappa shape index (κ1) is 14.4. The van der Waals surface area contributed by atoms with E-state index >= 15 is 0 Å². The average Bonchev–Trinajstić information content (AvgIpc) is 2.52. The third kappa shape index (κ3) is 2.49. The molecule has 1 saturated heterocycles. The fourth-order valence-corrected chi connectivity index (χ4v) is 1.89. The van der Waals surface area contributed by atoms with E-state index < -0.39 is 0 Å². The Morgan fingerprint density at radius 3 is 2.57 bits per heavy atom. The molecule has 1 nitrogen and oxygen atoms in total. The SMILES string of the molecule is C=C1[N-]C2C=CC(C2)C1(C)C.[CH2-]C.[Y]. The van der Waals surface area contributed by atoms with Gasteiger partial charge in [-0.1, -0.05) is 32.4 Å². The average molecular weight is 266 g/mol. The molecule has 14 heavy (non-hydrogen) atoms. The fourth-order valence-electron chi connectivity index (χ4n) is 1.89. The van der Waals surface area contributed by atoms with Crippen LogP contribution in [0, 0.1) is 18.3 Å². The number of piperidine rings is 1. The zero-order valence-corrected chi connectivity index (χ0v) is 12.3. The molecule has 1 aliphatic heterocycles. The quantitative estimate of drug-likeness (QED) is 0.469. The van der Waals surface area contributed by atoms with Crippen molar-refractivity contribution < 1.29 is 32.7 Å². The van der Waals surface area contributed by atoms with Crippen molar-refractivity contribution in [2.75, 3.05) is 0 Å². The van der Waals surface area contributed by atoms with Gasteiger partial charge in [0.1, 0.15) is 0 Å². The van der Waals surface area contributed by atoms with Crippen molar-refractivity contribution in [1.82, 2.24) is 0 Å². The van der Waals surface area contributed by atoms with Crippen molar-refractivity contribution in [3.63, 3.8) is 0 Å². The smallest absolute Gasteiger partial charge is 0 e. The topological polar surface area (TPSA) is 14.1 Å². The van der Waals surface area contributed by atoms with Crippen molar-refractivity contribution >= 4 is 0 Å². The molecule has 1 radical (unpaired) electrons. The molecule has 2 atom stereocenters. The summed E-state index contributed by atoms with van der Waals surface area (Å²) in [6.07, 6.45) is 5.71. The molecule has 2 rings (SSSR count). The van der Waals surface area contributed by atoms with E-state index in [1.54, 1.807) is 6.92 Å². The zero-order chi connectivity index (χ0) is 10.1. The summed E-state index contributed by atoms with van der Waals surface area (Å²) in [4.78, 5) is 0. The van der Waals surface area contributed by atoms with Crippen molar-refractivity contribution in [1.29, 1.82) is 0 Å². The first-order valence-electron chi connectivity index (χ1n) is 4.90. The van der Waals surface area contributed by atoms with Crippen LogP contribution in [0.5, 0.6) is 0 Å². The van der Waals surface area contributed by atoms with Crippen LogP contribution in [0.1, 0.15) is 27.2 Å². The van der Waals surface area contributed by atoms with Gasteiger partial charge in [0, 0.05) is 32.7 Å². The monoisotopic (exact) mass is 266 g/mol. The van der Waals surface area contributed by atoms with Gasteiger partial charge in [-0.3, -0.25) is 0 Å². The molecule has 0 aromatic rings. The van der Waals surface area contributed by atoms with E-state index in [-0.39, 0.29) is 38.1 Å². The van der Waals surface area contributed by atoms with Crippen LogP contribution in [0.2, 0.25) is 0 Å². The number of hydrogen-bond acceptors (Lipinski definition) is 0. The molecule has 77 valence electrons. The largest absolute Gasteiger partial charge is 0.682 e. The summed E-state index contributed by atoms with van der Waals surface area (Å²) >= 11 is 0. The molecule has 0 spiro atoms. The summed E-state index contributed by atoms with van der Waals surface area (Å²) in [5.74, 6) is 0.678. The Morgan fingerprint density at radius 1 is 1.43 bits per heavy atom. The standard InChI is InChI=1S/C10H14N.C2H5.Y/c1-7-10(2,3)8-4-5-9(6-8)11-7;1-2;/h4-5,8-9H,1,6H2,2-3H3;1H2,2H3;/q2*-1;. The molecule has 0 saturated carbocycles. The molecule has 0 aromatic carbocycles. The van der Waals surface area contributed by atoms with E-state index in [9.17, 15) is 0 Å². The molecule has 2 aliphatic rings. The molecule has 2 bridgehead atoms. The van der Waals surface area contributed by atoms with Gasteiger partial charge in [0.2, 0.25) is 0 Å². The normalized spacial score (nSPS) is 31.0. The van der Waals surface area contributed by atoms with Crippen LogP contribution >= 0.6 is 0 Å². The molecule has 0 N–H and O–H groups in total. The van der Waals surface area contributed by atoms with Crippen LogP contribution in [0.3, 0.4) is 0 Å². The van der Waals surface area contributed by atoms with Gasteiger partial charge in [-0.15, -0.1) is 12.7 Å². The molecule has 1 fully saturated rings.